The highest BCUT2D eigenvalue weighted by Crippen LogP contribution is 2.19. The van der Waals surface area contributed by atoms with Gasteiger partial charge >= 0.3 is 0 Å². The molecule has 0 atom stereocenters. The van der Waals surface area contributed by atoms with Gasteiger partial charge in [-0.2, -0.15) is 0 Å². The molecule has 0 unspecified atom stereocenters. The number of benzene rings is 1. The Morgan fingerprint density at radius 1 is 1.62 bits per heavy atom. The summed E-state index contributed by atoms with van der Waals surface area (Å²) in [5.74, 6) is 0.629. The van der Waals surface area contributed by atoms with Gasteiger partial charge in [0.25, 0.3) is 0 Å². The van der Waals surface area contributed by atoms with Crippen molar-refractivity contribution in [2.24, 2.45) is 5.73 Å². The van der Waals surface area contributed by atoms with Crippen molar-refractivity contribution in [1.29, 1.82) is 0 Å². The van der Waals surface area contributed by atoms with Crippen LogP contribution in [0.3, 0.4) is 0 Å². The normalized spacial score (nSPS) is 9.69. The molecule has 0 saturated heterocycles. The summed E-state index contributed by atoms with van der Waals surface area (Å²) in [6.07, 6.45) is 0. The fourth-order valence-corrected chi connectivity index (χ4v) is 1.21. The van der Waals surface area contributed by atoms with Gasteiger partial charge in [0.15, 0.2) is 0 Å². The van der Waals surface area contributed by atoms with Gasteiger partial charge < -0.3 is 15.6 Å². The van der Waals surface area contributed by atoms with Crippen LogP contribution in [-0.4, -0.2) is 17.2 Å². The van der Waals surface area contributed by atoms with Crippen LogP contribution >= 0.6 is 12.2 Å². The first-order valence-corrected chi connectivity index (χ1v) is 4.17. The number of thiocarbonyl (C=S) groups is 1. The molecule has 0 amide bonds. The van der Waals surface area contributed by atoms with Gasteiger partial charge in [-0.15, -0.1) is 0 Å². The standard InChI is InChI=1S/C9H11NO2S/c1-12-8-3-2-6(5-11)4-7(8)9(10)13/h2-4,11H,5H2,1H3,(H2,10,13). The van der Waals surface area contributed by atoms with Crippen molar-refractivity contribution in [3.8, 4) is 5.75 Å². The van der Waals surface area contributed by atoms with Crippen molar-refractivity contribution in [1.82, 2.24) is 0 Å². The number of nitrogens with two attached hydrogens (primary N) is 1. The summed E-state index contributed by atoms with van der Waals surface area (Å²) in [5, 5.41) is 8.88. The molecule has 0 aliphatic carbocycles. The number of rotatable bonds is 3. The van der Waals surface area contributed by atoms with Crippen LogP contribution in [0.4, 0.5) is 0 Å². The number of methoxy groups -OCH3 is 1. The number of ether oxygens (including phenoxy) is 1. The van der Waals surface area contributed by atoms with E-state index in [-0.39, 0.29) is 11.6 Å². The van der Waals surface area contributed by atoms with Gasteiger partial charge in [0.2, 0.25) is 0 Å². The SMILES string of the molecule is COc1ccc(CO)cc1C(N)=S. The third-order valence-corrected chi connectivity index (χ3v) is 1.93. The largest absolute Gasteiger partial charge is 0.496 e. The Morgan fingerprint density at radius 3 is 2.77 bits per heavy atom. The van der Waals surface area contributed by atoms with Crippen LogP contribution in [0.5, 0.6) is 5.75 Å². The second-order valence-corrected chi connectivity index (χ2v) is 3.00. The molecule has 0 bridgehead atoms. The zero-order valence-electron chi connectivity index (χ0n) is 7.28. The Labute approximate surface area is 82.1 Å². The molecule has 70 valence electrons. The van der Waals surface area contributed by atoms with E-state index in [0.29, 0.717) is 11.3 Å². The second kappa shape index (κ2) is 4.20. The van der Waals surface area contributed by atoms with Crippen LogP contribution in [0.2, 0.25) is 0 Å². The van der Waals surface area contributed by atoms with Crippen LogP contribution in [0.15, 0.2) is 18.2 Å². The van der Waals surface area contributed by atoms with Crippen molar-refractivity contribution in [3.63, 3.8) is 0 Å². The highest BCUT2D eigenvalue weighted by atomic mass is 32.1. The Balaban J connectivity index is 3.18. The average Bonchev–Trinajstić information content (AvgIpc) is 2.16. The number of aliphatic hydroxyl groups is 1. The van der Waals surface area contributed by atoms with E-state index in [2.05, 4.69) is 0 Å². The van der Waals surface area contributed by atoms with E-state index >= 15 is 0 Å². The molecule has 0 aliphatic rings. The molecule has 0 spiro atoms. The lowest BCUT2D eigenvalue weighted by molar-refractivity contribution is 0.281. The minimum absolute atomic E-state index is 0.0282. The smallest absolute Gasteiger partial charge is 0.129 e. The fourth-order valence-electron chi connectivity index (χ4n) is 1.05. The molecule has 1 rings (SSSR count). The van der Waals surface area contributed by atoms with Crippen molar-refractivity contribution in [2.45, 2.75) is 6.61 Å². The minimum Gasteiger partial charge on any atom is -0.496 e. The zero-order valence-corrected chi connectivity index (χ0v) is 8.10. The summed E-state index contributed by atoms with van der Waals surface area (Å²) in [6, 6.07) is 5.22. The van der Waals surface area contributed by atoms with Gasteiger partial charge in [-0.3, -0.25) is 0 Å². The molecule has 4 heteroatoms. The Hall–Kier alpha value is -1.13. The van der Waals surface area contributed by atoms with Gasteiger partial charge in [0.1, 0.15) is 10.7 Å². The molecule has 1 aromatic rings. The molecule has 3 nitrogen and oxygen atoms in total. The lowest BCUT2D eigenvalue weighted by Gasteiger charge is -2.07. The molecular weight excluding hydrogens is 186 g/mol. The van der Waals surface area contributed by atoms with E-state index in [1.165, 1.54) is 0 Å². The monoisotopic (exact) mass is 197 g/mol. The third-order valence-electron chi connectivity index (χ3n) is 1.71. The van der Waals surface area contributed by atoms with Crippen molar-refractivity contribution in [3.05, 3.63) is 29.3 Å². The van der Waals surface area contributed by atoms with Crippen LogP contribution < -0.4 is 10.5 Å². The maximum absolute atomic E-state index is 8.88. The maximum atomic E-state index is 8.88. The molecule has 1 aromatic carbocycles. The third kappa shape index (κ3) is 2.17. The van der Waals surface area contributed by atoms with Gasteiger partial charge in [-0.25, -0.2) is 0 Å². The van der Waals surface area contributed by atoms with Gasteiger partial charge in [0, 0.05) is 0 Å². The van der Waals surface area contributed by atoms with Gasteiger partial charge in [-0.05, 0) is 17.7 Å². The molecule has 3 N–H and O–H groups in total. The molecule has 0 saturated carbocycles. The predicted octanol–water partition coefficient (Wildman–Crippen LogP) is 0.822. The average molecular weight is 197 g/mol. The van der Waals surface area contributed by atoms with Crippen LogP contribution in [0, 0.1) is 0 Å². The fraction of sp³-hybridized carbons (Fsp3) is 0.222. The van der Waals surface area contributed by atoms with E-state index in [1.807, 2.05) is 0 Å². The summed E-state index contributed by atoms with van der Waals surface area (Å²) in [7, 11) is 1.55. The first kappa shape index (κ1) is 9.95. The molecule has 0 aliphatic heterocycles. The first-order valence-electron chi connectivity index (χ1n) is 3.76. The lowest BCUT2D eigenvalue weighted by Crippen LogP contribution is -2.11. The van der Waals surface area contributed by atoms with Crippen molar-refractivity contribution in [2.75, 3.05) is 7.11 Å². The van der Waals surface area contributed by atoms with E-state index in [0.717, 1.165) is 5.56 Å². The zero-order chi connectivity index (χ0) is 9.84. The molecule has 0 radical (unpaired) electrons. The van der Waals surface area contributed by atoms with E-state index < -0.39 is 0 Å². The molecule has 0 aromatic heterocycles. The first-order chi connectivity index (χ1) is 6.19. The summed E-state index contributed by atoms with van der Waals surface area (Å²) in [6.45, 7) is -0.0282. The minimum atomic E-state index is -0.0282. The summed E-state index contributed by atoms with van der Waals surface area (Å²) >= 11 is 4.84. The quantitative estimate of drug-likeness (QED) is 0.704. The number of aliphatic hydroxyl groups excluding tert-OH is 1. The highest BCUT2D eigenvalue weighted by Gasteiger charge is 2.05. The Kier molecular flexibility index (Phi) is 3.22. The summed E-state index contributed by atoms with van der Waals surface area (Å²) in [5.41, 5.74) is 6.91. The molecule has 13 heavy (non-hydrogen) atoms. The predicted molar refractivity (Wildman–Crippen MR) is 54.8 cm³/mol. The summed E-state index contributed by atoms with van der Waals surface area (Å²) in [4.78, 5) is 0.271. The van der Waals surface area contributed by atoms with Gasteiger partial charge in [0.05, 0.1) is 19.3 Å². The van der Waals surface area contributed by atoms with E-state index in [1.54, 1.807) is 25.3 Å². The van der Waals surface area contributed by atoms with Crippen molar-refractivity contribution < 1.29 is 9.84 Å². The van der Waals surface area contributed by atoms with Gasteiger partial charge in [-0.1, -0.05) is 18.3 Å². The van der Waals surface area contributed by atoms with Crippen LogP contribution in [-0.2, 0) is 6.61 Å². The Bertz CT molecular complexity index is 325. The van der Waals surface area contributed by atoms with Crippen molar-refractivity contribution >= 4 is 17.2 Å². The molecular formula is C9H11NO2S. The Morgan fingerprint density at radius 2 is 2.31 bits per heavy atom. The van der Waals surface area contributed by atoms with E-state index in [9.17, 15) is 0 Å². The number of hydrogen-bond donors (Lipinski definition) is 2. The topological polar surface area (TPSA) is 55.5 Å². The van der Waals surface area contributed by atoms with Crippen LogP contribution in [0.1, 0.15) is 11.1 Å². The maximum Gasteiger partial charge on any atom is 0.129 e. The van der Waals surface area contributed by atoms with E-state index in [4.69, 9.17) is 27.8 Å². The highest BCUT2D eigenvalue weighted by molar-refractivity contribution is 7.80. The van der Waals surface area contributed by atoms with Crippen LogP contribution in [0.25, 0.3) is 0 Å². The number of hydrogen-bond acceptors (Lipinski definition) is 3. The molecule has 0 heterocycles. The second-order valence-electron chi connectivity index (χ2n) is 2.56. The summed E-state index contributed by atoms with van der Waals surface area (Å²) < 4.78 is 5.06. The lowest BCUT2D eigenvalue weighted by atomic mass is 10.1. The molecule has 0 fully saturated rings.